The molecular formula is C18H27FN2O2. The summed E-state index contributed by atoms with van der Waals surface area (Å²) in [6, 6.07) is 6.57. The number of ether oxygens (including phenoxy) is 1. The lowest BCUT2D eigenvalue weighted by molar-refractivity contribution is 0.0507. The fourth-order valence-electron chi connectivity index (χ4n) is 2.59. The molecule has 0 aliphatic heterocycles. The molecule has 1 atom stereocenters. The van der Waals surface area contributed by atoms with Gasteiger partial charge in [-0.25, -0.2) is 9.18 Å². The highest BCUT2D eigenvalue weighted by Gasteiger charge is 2.41. The smallest absolute Gasteiger partial charge is 0.407 e. The Morgan fingerprint density at radius 2 is 2.00 bits per heavy atom. The van der Waals surface area contributed by atoms with Crippen LogP contribution in [0.15, 0.2) is 24.3 Å². The minimum Gasteiger partial charge on any atom is -0.444 e. The summed E-state index contributed by atoms with van der Waals surface area (Å²) in [5.74, 6) is 0.287. The minimum atomic E-state index is -0.505. The van der Waals surface area contributed by atoms with Gasteiger partial charge in [0.15, 0.2) is 0 Å². The van der Waals surface area contributed by atoms with Gasteiger partial charge in [0, 0.05) is 18.6 Å². The maximum absolute atomic E-state index is 13.3. The van der Waals surface area contributed by atoms with Gasteiger partial charge in [-0.15, -0.1) is 0 Å². The van der Waals surface area contributed by atoms with Crippen LogP contribution in [0, 0.1) is 11.7 Å². The standard InChI is InChI=1S/C18H27FN2O2/c1-17(2,3)23-16(22)20-12-18(4,14-8-9-14)21-11-13-6-5-7-15(19)10-13/h5-7,10,14,21H,8-9,11-12H2,1-4H3,(H,20,22). The number of amides is 1. The van der Waals surface area contributed by atoms with E-state index in [0.29, 0.717) is 19.0 Å². The number of carbonyl (C=O) groups excluding carboxylic acids is 1. The predicted octanol–water partition coefficient (Wildman–Crippen LogP) is 3.61. The Morgan fingerprint density at radius 1 is 1.30 bits per heavy atom. The fourth-order valence-corrected chi connectivity index (χ4v) is 2.59. The van der Waals surface area contributed by atoms with Gasteiger partial charge in [0.25, 0.3) is 0 Å². The minimum absolute atomic E-state index is 0.219. The number of carbonyl (C=O) groups is 1. The average Bonchev–Trinajstić information content (AvgIpc) is 3.26. The van der Waals surface area contributed by atoms with Crippen molar-refractivity contribution < 1.29 is 13.9 Å². The van der Waals surface area contributed by atoms with Gasteiger partial charge in [0.05, 0.1) is 0 Å². The number of halogens is 1. The Hall–Kier alpha value is -1.62. The third-order valence-corrected chi connectivity index (χ3v) is 4.06. The van der Waals surface area contributed by atoms with Crippen LogP contribution < -0.4 is 10.6 Å². The van der Waals surface area contributed by atoms with Gasteiger partial charge in [-0.1, -0.05) is 12.1 Å². The molecule has 128 valence electrons. The first kappa shape index (κ1) is 17.7. The van der Waals surface area contributed by atoms with Crippen molar-refractivity contribution in [2.24, 2.45) is 5.92 Å². The highest BCUT2D eigenvalue weighted by atomic mass is 19.1. The molecule has 1 fully saturated rings. The summed E-state index contributed by atoms with van der Waals surface area (Å²) in [5.41, 5.74) is 0.173. The summed E-state index contributed by atoms with van der Waals surface area (Å²) >= 11 is 0. The van der Waals surface area contributed by atoms with Crippen LogP contribution in [0.3, 0.4) is 0 Å². The lowest BCUT2D eigenvalue weighted by Gasteiger charge is -2.32. The summed E-state index contributed by atoms with van der Waals surface area (Å²) in [7, 11) is 0. The molecule has 0 aromatic heterocycles. The second kappa shape index (κ2) is 6.87. The molecule has 5 heteroatoms. The van der Waals surface area contributed by atoms with Gasteiger partial charge < -0.3 is 15.4 Å². The molecule has 1 saturated carbocycles. The summed E-state index contributed by atoms with van der Waals surface area (Å²) < 4.78 is 18.6. The van der Waals surface area contributed by atoms with Crippen molar-refractivity contribution in [2.75, 3.05) is 6.54 Å². The maximum Gasteiger partial charge on any atom is 0.407 e. The van der Waals surface area contributed by atoms with Crippen LogP contribution in [0.5, 0.6) is 0 Å². The molecule has 1 aliphatic rings. The first-order valence-electron chi connectivity index (χ1n) is 8.14. The Kier molecular flexibility index (Phi) is 5.30. The van der Waals surface area contributed by atoms with E-state index < -0.39 is 11.7 Å². The molecule has 1 unspecified atom stereocenters. The van der Waals surface area contributed by atoms with Crippen molar-refractivity contribution >= 4 is 6.09 Å². The molecule has 1 amide bonds. The first-order chi connectivity index (χ1) is 10.7. The highest BCUT2D eigenvalue weighted by Crippen LogP contribution is 2.39. The number of hydrogen-bond donors (Lipinski definition) is 2. The van der Waals surface area contributed by atoms with Gasteiger partial charge in [0.2, 0.25) is 0 Å². The van der Waals surface area contributed by atoms with E-state index in [1.807, 2.05) is 26.8 Å². The predicted molar refractivity (Wildman–Crippen MR) is 88.6 cm³/mol. The van der Waals surface area contributed by atoms with E-state index in [-0.39, 0.29) is 11.4 Å². The van der Waals surface area contributed by atoms with Gasteiger partial charge in [0.1, 0.15) is 11.4 Å². The lowest BCUT2D eigenvalue weighted by atomic mass is 9.95. The third kappa shape index (κ3) is 5.82. The first-order valence-corrected chi connectivity index (χ1v) is 8.14. The van der Waals surface area contributed by atoms with Crippen molar-refractivity contribution in [1.82, 2.24) is 10.6 Å². The zero-order valence-corrected chi connectivity index (χ0v) is 14.4. The van der Waals surface area contributed by atoms with Crippen LogP contribution in [-0.4, -0.2) is 23.8 Å². The van der Waals surface area contributed by atoms with Crippen molar-refractivity contribution in [3.05, 3.63) is 35.6 Å². The molecule has 0 radical (unpaired) electrons. The number of hydrogen-bond acceptors (Lipinski definition) is 3. The topological polar surface area (TPSA) is 50.4 Å². The SMILES string of the molecule is CC(C)(C)OC(=O)NCC(C)(NCc1cccc(F)c1)C1CC1. The number of benzene rings is 1. The molecule has 0 heterocycles. The molecule has 23 heavy (non-hydrogen) atoms. The molecule has 4 nitrogen and oxygen atoms in total. The number of rotatable bonds is 6. The van der Waals surface area contributed by atoms with Gasteiger partial charge >= 0.3 is 6.09 Å². The van der Waals surface area contributed by atoms with Crippen molar-refractivity contribution in [3.63, 3.8) is 0 Å². The lowest BCUT2D eigenvalue weighted by Crippen LogP contribution is -2.53. The molecule has 0 spiro atoms. The number of alkyl carbamates (subject to hydrolysis) is 1. The van der Waals surface area contributed by atoms with Crippen molar-refractivity contribution in [1.29, 1.82) is 0 Å². The van der Waals surface area contributed by atoms with Crippen LogP contribution in [0.1, 0.15) is 46.1 Å². The highest BCUT2D eigenvalue weighted by molar-refractivity contribution is 5.67. The van der Waals surface area contributed by atoms with E-state index >= 15 is 0 Å². The quantitative estimate of drug-likeness (QED) is 0.841. The van der Waals surface area contributed by atoms with E-state index in [9.17, 15) is 9.18 Å². The maximum atomic E-state index is 13.3. The van der Waals surface area contributed by atoms with Crippen LogP contribution in [-0.2, 0) is 11.3 Å². The summed E-state index contributed by atoms with van der Waals surface area (Å²) in [6.45, 7) is 8.68. The zero-order chi connectivity index (χ0) is 17.1. The molecule has 0 saturated heterocycles. The fraction of sp³-hybridized carbons (Fsp3) is 0.611. The second-order valence-corrected chi connectivity index (χ2v) is 7.53. The number of nitrogens with one attached hydrogen (secondary N) is 2. The normalized spacial score (nSPS) is 17.4. The van der Waals surface area contributed by atoms with Crippen LogP contribution in [0.4, 0.5) is 9.18 Å². The largest absolute Gasteiger partial charge is 0.444 e. The summed E-state index contributed by atoms with van der Waals surface area (Å²) in [4.78, 5) is 11.9. The summed E-state index contributed by atoms with van der Waals surface area (Å²) in [5, 5.41) is 6.33. The zero-order valence-electron chi connectivity index (χ0n) is 14.4. The van der Waals surface area contributed by atoms with E-state index in [1.54, 1.807) is 6.07 Å². The Labute approximate surface area is 137 Å². The summed E-state index contributed by atoms with van der Waals surface area (Å²) in [6.07, 6.45) is 1.88. The second-order valence-electron chi connectivity index (χ2n) is 7.53. The van der Waals surface area contributed by atoms with Crippen LogP contribution in [0.2, 0.25) is 0 Å². The van der Waals surface area contributed by atoms with Crippen LogP contribution >= 0.6 is 0 Å². The molecule has 2 N–H and O–H groups in total. The Bertz CT molecular complexity index is 552. The molecule has 0 bridgehead atoms. The van der Waals surface area contributed by atoms with Gasteiger partial charge in [-0.3, -0.25) is 0 Å². The van der Waals surface area contributed by atoms with E-state index in [1.165, 1.54) is 12.1 Å². The van der Waals surface area contributed by atoms with Gasteiger partial charge in [-0.05, 0) is 64.2 Å². The van der Waals surface area contributed by atoms with E-state index in [2.05, 4.69) is 17.6 Å². The molecule has 1 aromatic carbocycles. The van der Waals surface area contributed by atoms with Crippen molar-refractivity contribution in [2.45, 2.75) is 58.2 Å². The molecular weight excluding hydrogens is 295 g/mol. The van der Waals surface area contributed by atoms with Crippen molar-refractivity contribution in [3.8, 4) is 0 Å². The molecule has 1 aliphatic carbocycles. The Balaban J connectivity index is 1.90. The molecule has 1 aromatic rings. The van der Waals surface area contributed by atoms with E-state index in [4.69, 9.17) is 4.74 Å². The third-order valence-electron chi connectivity index (χ3n) is 4.06. The van der Waals surface area contributed by atoms with E-state index in [0.717, 1.165) is 18.4 Å². The average molecular weight is 322 g/mol. The van der Waals surface area contributed by atoms with Gasteiger partial charge in [-0.2, -0.15) is 0 Å². The molecule has 2 rings (SSSR count). The Morgan fingerprint density at radius 3 is 2.57 bits per heavy atom. The van der Waals surface area contributed by atoms with Crippen LogP contribution in [0.25, 0.3) is 0 Å². The monoisotopic (exact) mass is 322 g/mol.